The Labute approximate surface area is 262 Å². The van der Waals surface area contributed by atoms with E-state index >= 15 is 4.39 Å². The summed E-state index contributed by atoms with van der Waals surface area (Å²) in [7, 11) is -1.95. The van der Waals surface area contributed by atoms with E-state index in [2.05, 4.69) is 44.5 Å². The molecule has 1 aromatic carbocycles. The second-order valence-electron chi connectivity index (χ2n) is 13.9. The topological polar surface area (TPSA) is 132 Å². The Bertz CT molecular complexity index is 1830. The molecule has 6 rings (SSSR count). The Morgan fingerprint density at radius 2 is 1.98 bits per heavy atom. The summed E-state index contributed by atoms with van der Waals surface area (Å²) in [4.78, 5) is 44.4. The molecule has 45 heavy (non-hydrogen) atoms. The van der Waals surface area contributed by atoms with Crippen LogP contribution in [-0.2, 0) is 39.1 Å². The third-order valence-electron chi connectivity index (χ3n) is 10.3. The highest BCUT2D eigenvalue weighted by Crippen LogP contribution is 2.46. The number of halogens is 1. The van der Waals surface area contributed by atoms with Gasteiger partial charge in [-0.1, -0.05) is 27.7 Å². The quantitative estimate of drug-likeness (QED) is 0.157. The van der Waals surface area contributed by atoms with Crippen molar-refractivity contribution < 1.29 is 28.2 Å². The fourth-order valence-electron chi connectivity index (χ4n) is 6.60. The van der Waals surface area contributed by atoms with Gasteiger partial charge in [0, 0.05) is 29.1 Å². The van der Waals surface area contributed by atoms with Crippen molar-refractivity contribution in [2.45, 2.75) is 96.8 Å². The number of pyridine rings is 2. The number of benzene rings is 1. The van der Waals surface area contributed by atoms with Crippen LogP contribution in [0.4, 0.5) is 9.18 Å². The Morgan fingerprint density at radius 1 is 1.24 bits per heavy atom. The summed E-state index contributed by atoms with van der Waals surface area (Å²) < 4.78 is 28.1. The third-order valence-corrected chi connectivity index (χ3v) is 14.9. The Hall–Kier alpha value is -3.61. The van der Waals surface area contributed by atoms with E-state index in [0.29, 0.717) is 48.5 Å². The maximum absolute atomic E-state index is 15.1. The number of ether oxygens (including phenoxy) is 1. The van der Waals surface area contributed by atoms with Crippen molar-refractivity contribution in [1.82, 2.24) is 20.2 Å². The number of hydrogen-bond acceptors (Lipinski definition) is 7. The third kappa shape index (κ3) is 4.88. The summed E-state index contributed by atoms with van der Waals surface area (Å²) in [5.41, 5.74) is 2.41. The molecule has 2 atom stereocenters. The molecular formula is C33H41FN4O6Si. The first-order valence-corrected chi connectivity index (χ1v) is 18.5. The van der Waals surface area contributed by atoms with Crippen LogP contribution in [0.2, 0.25) is 18.1 Å². The largest absolute Gasteiger partial charge is 0.458 e. The SMILES string of the molecule is CC[C@@]1(O)C(=O)OCc2c1cc1n(c2=O)Cc2c-1nc1cc(F)c(C)c3c1c2[C@@H](NC(=O)NCCO[Si](C)(C)C(C)(C)C)CC3. The number of nitrogens with one attached hydrogen (secondary N) is 2. The van der Waals surface area contributed by atoms with E-state index in [1.807, 2.05) is 0 Å². The van der Waals surface area contributed by atoms with Crippen molar-refractivity contribution in [2.75, 3.05) is 13.2 Å². The van der Waals surface area contributed by atoms with Gasteiger partial charge in [0.25, 0.3) is 5.56 Å². The molecule has 0 fully saturated rings. The summed E-state index contributed by atoms with van der Waals surface area (Å²) in [6.45, 7) is 14.9. The van der Waals surface area contributed by atoms with Crippen LogP contribution in [0.5, 0.6) is 0 Å². The standard InChI is InChI=1S/C33H41FN4O6Si/c1-8-33(42)21-13-25-28-19(15-38(25)29(39)20(21)16-43-30(33)40)27-23(10-9-18-17(2)22(34)14-24(36-28)26(18)27)37-31(41)35-11-12-44-45(6,7)32(3,4)5/h13-14,23,42H,8-12,15-16H2,1-7H3,(H2,35,37,41)/t23-,33-/m0/s1. The zero-order chi connectivity index (χ0) is 32.6. The van der Waals surface area contributed by atoms with Crippen LogP contribution in [0, 0.1) is 12.7 Å². The molecule has 2 aliphatic heterocycles. The minimum Gasteiger partial charge on any atom is -0.458 e. The second-order valence-corrected chi connectivity index (χ2v) is 18.7. The van der Waals surface area contributed by atoms with Gasteiger partial charge in [-0.05, 0) is 67.1 Å². The lowest BCUT2D eigenvalue weighted by atomic mass is 9.81. The van der Waals surface area contributed by atoms with Crippen LogP contribution in [0.25, 0.3) is 22.3 Å². The van der Waals surface area contributed by atoms with Gasteiger partial charge < -0.3 is 29.5 Å². The first kappa shape index (κ1) is 31.4. The van der Waals surface area contributed by atoms with Crippen LogP contribution in [0.1, 0.15) is 80.0 Å². The Morgan fingerprint density at radius 3 is 2.67 bits per heavy atom. The molecule has 0 radical (unpaired) electrons. The molecule has 0 saturated carbocycles. The smallest absolute Gasteiger partial charge is 0.343 e. The summed E-state index contributed by atoms with van der Waals surface area (Å²) in [6.07, 6.45) is 1.12. The fourth-order valence-corrected chi connectivity index (χ4v) is 7.64. The number of carbonyl (C=O) groups is 2. The van der Waals surface area contributed by atoms with Crippen LogP contribution in [0.15, 0.2) is 16.9 Å². The number of cyclic esters (lactones) is 1. The van der Waals surface area contributed by atoms with E-state index in [1.165, 1.54) is 6.07 Å². The minimum absolute atomic E-state index is 0.0286. The van der Waals surface area contributed by atoms with Gasteiger partial charge in [0.2, 0.25) is 0 Å². The lowest BCUT2D eigenvalue weighted by Gasteiger charge is -2.36. The molecule has 4 heterocycles. The van der Waals surface area contributed by atoms with Gasteiger partial charge in [-0.3, -0.25) is 4.79 Å². The van der Waals surface area contributed by atoms with Crippen LogP contribution in [0.3, 0.4) is 0 Å². The summed E-state index contributed by atoms with van der Waals surface area (Å²) >= 11 is 0. The van der Waals surface area contributed by atoms with E-state index in [9.17, 15) is 19.5 Å². The van der Waals surface area contributed by atoms with Crippen molar-refractivity contribution in [3.05, 3.63) is 61.7 Å². The maximum Gasteiger partial charge on any atom is 0.343 e. The van der Waals surface area contributed by atoms with Gasteiger partial charge >= 0.3 is 12.0 Å². The van der Waals surface area contributed by atoms with Crippen molar-refractivity contribution in [3.8, 4) is 11.4 Å². The van der Waals surface area contributed by atoms with Crippen molar-refractivity contribution >= 4 is 31.2 Å². The molecule has 3 aliphatic rings. The maximum atomic E-state index is 15.1. The number of aliphatic hydroxyl groups is 1. The van der Waals surface area contributed by atoms with Crippen molar-refractivity contribution in [3.63, 3.8) is 0 Å². The summed E-state index contributed by atoms with van der Waals surface area (Å²) in [5, 5.41) is 18.2. The average Bonchev–Trinajstić information content (AvgIpc) is 3.34. The van der Waals surface area contributed by atoms with Gasteiger partial charge in [-0.25, -0.2) is 19.0 Å². The number of aromatic nitrogens is 2. The lowest BCUT2D eigenvalue weighted by molar-refractivity contribution is -0.172. The monoisotopic (exact) mass is 636 g/mol. The first-order chi connectivity index (χ1) is 21.1. The van der Waals surface area contributed by atoms with Gasteiger partial charge in [-0.15, -0.1) is 0 Å². The number of hydrogen-bond donors (Lipinski definition) is 3. The van der Waals surface area contributed by atoms with Gasteiger partial charge in [0.05, 0.1) is 41.7 Å². The van der Waals surface area contributed by atoms with Crippen LogP contribution in [-0.4, -0.2) is 48.1 Å². The van der Waals surface area contributed by atoms with E-state index in [-0.39, 0.29) is 53.1 Å². The summed E-state index contributed by atoms with van der Waals surface area (Å²) in [5.74, 6) is -1.17. The zero-order valence-electron chi connectivity index (χ0n) is 26.9. The molecule has 0 spiro atoms. The number of aryl methyl sites for hydroxylation is 1. The Kier molecular flexibility index (Phi) is 7.49. The number of carbonyl (C=O) groups excluding carboxylic acids is 2. The molecule has 0 saturated heterocycles. The number of amides is 2. The minimum atomic E-state index is -1.96. The molecule has 2 amide bonds. The first-order valence-electron chi connectivity index (χ1n) is 15.6. The molecule has 12 heteroatoms. The van der Waals surface area contributed by atoms with E-state index < -0.39 is 25.9 Å². The van der Waals surface area contributed by atoms with Crippen LogP contribution >= 0.6 is 0 Å². The Balaban J connectivity index is 1.39. The summed E-state index contributed by atoms with van der Waals surface area (Å²) in [6, 6.07) is 2.29. The van der Waals surface area contributed by atoms with E-state index in [4.69, 9.17) is 14.1 Å². The lowest BCUT2D eigenvalue weighted by Crippen LogP contribution is -2.44. The number of nitrogens with zero attached hydrogens (tertiary/aromatic N) is 2. The number of rotatable bonds is 6. The molecule has 2 aromatic heterocycles. The van der Waals surface area contributed by atoms with E-state index in [1.54, 1.807) is 24.5 Å². The number of esters is 1. The highest BCUT2D eigenvalue weighted by Gasteiger charge is 2.46. The molecule has 240 valence electrons. The molecular weight excluding hydrogens is 595 g/mol. The highest BCUT2D eigenvalue weighted by molar-refractivity contribution is 6.74. The van der Waals surface area contributed by atoms with Gasteiger partial charge in [-0.2, -0.15) is 0 Å². The zero-order valence-corrected chi connectivity index (χ0v) is 27.9. The van der Waals surface area contributed by atoms with Gasteiger partial charge in [0.15, 0.2) is 13.9 Å². The molecule has 3 N–H and O–H groups in total. The fraction of sp³-hybridized carbons (Fsp3) is 0.515. The van der Waals surface area contributed by atoms with Crippen LogP contribution < -0.4 is 16.2 Å². The van der Waals surface area contributed by atoms with Crippen molar-refractivity contribution in [1.29, 1.82) is 0 Å². The van der Waals surface area contributed by atoms with Gasteiger partial charge in [0.1, 0.15) is 12.4 Å². The molecule has 10 nitrogen and oxygen atoms in total. The predicted molar refractivity (Wildman–Crippen MR) is 170 cm³/mol. The average molecular weight is 637 g/mol. The number of urea groups is 1. The molecule has 0 unspecified atom stereocenters. The number of fused-ring (bicyclic) bond motifs is 5. The molecule has 0 bridgehead atoms. The van der Waals surface area contributed by atoms with Crippen molar-refractivity contribution in [2.24, 2.45) is 0 Å². The predicted octanol–water partition coefficient (Wildman–Crippen LogP) is 4.84. The van der Waals surface area contributed by atoms with E-state index in [0.717, 1.165) is 22.1 Å². The molecule has 1 aliphatic carbocycles. The molecule has 3 aromatic rings. The highest BCUT2D eigenvalue weighted by atomic mass is 28.4. The normalized spacial score (nSPS) is 20.4. The second kappa shape index (κ2) is 10.7.